The van der Waals surface area contributed by atoms with Gasteiger partial charge in [-0.3, -0.25) is 0 Å². The minimum absolute atomic E-state index is 0.00689. The molecule has 178 valence electrons. The zero-order valence-electron chi connectivity index (χ0n) is 18.2. The topological polar surface area (TPSA) is 118 Å². The second-order valence-corrected chi connectivity index (χ2v) is 7.20. The highest BCUT2D eigenvalue weighted by atomic mass is 19.4. The van der Waals surface area contributed by atoms with Gasteiger partial charge in [-0.2, -0.15) is 28.5 Å². The number of alkyl halides is 3. The first kappa shape index (κ1) is 23.6. The normalized spacial score (nSPS) is 11.3. The van der Waals surface area contributed by atoms with Crippen molar-refractivity contribution in [3.05, 3.63) is 64.1 Å². The van der Waals surface area contributed by atoms with Gasteiger partial charge in [0.15, 0.2) is 11.6 Å². The number of anilines is 2. The van der Waals surface area contributed by atoms with Crippen molar-refractivity contribution in [1.82, 2.24) is 19.7 Å². The molecule has 2 aromatic heterocycles. The highest BCUT2D eigenvalue weighted by molar-refractivity contribution is 5.85. The van der Waals surface area contributed by atoms with E-state index in [1.165, 1.54) is 19.2 Å². The molecule has 2 aromatic carbocycles. The van der Waals surface area contributed by atoms with E-state index in [9.17, 15) is 27.7 Å². The van der Waals surface area contributed by atoms with Gasteiger partial charge >= 0.3 is 6.18 Å². The summed E-state index contributed by atoms with van der Waals surface area (Å²) in [6, 6.07) is 8.40. The highest BCUT2D eigenvalue weighted by Crippen LogP contribution is 2.37. The summed E-state index contributed by atoms with van der Waals surface area (Å²) in [6.45, 7) is 1.78. The summed E-state index contributed by atoms with van der Waals surface area (Å²) in [6.07, 6.45) is -3.83. The number of nitroso groups, excluding NO2 is 1. The van der Waals surface area contributed by atoms with Crippen molar-refractivity contribution < 1.29 is 22.3 Å². The molecule has 35 heavy (non-hydrogen) atoms. The van der Waals surface area contributed by atoms with Crippen LogP contribution in [0.25, 0.3) is 16.7 Å². The Kier molecular flexibility index (Phi) is 6.04. The highest BCUT2D eigenvalue weighted by Gasteiger charge is 2.37. The van der Waals surface area contributed by atoms with Gasteiger partial charge in [0.25, 0.3) is 0 Å². The van der Waals surface area contributed by atoms with Crippen molar-refractivity contribution in [1.29, 1.82) is 5.26 Å². The van der Waals surface area contributed by atoms with E-state index in [0.29, 0.717) is 34.8 Å². The summed E-state index contributed by atoms with van der Waals surface area (Å²) < 4.78 is 61.6. The molecule has 0 unspecified atom stereocenters. The first-order valence-corrected chi connectivity index (χ1v) is 10.0. The maximum atomic E-state index is 13.9. The maximum absolute atomic E-state index is 13.9. The quantitative estimate of drug-likeness (QED) is 0.281. The van der Waals surface area contributed by atoms with E-state index in [2.05, 4.69) is 25.6 Å². The van der Waals surface area contributed by atoms with Crippen LogP contribution in [0, 0.1) is 22.1 Å². The zero-order chi connectivity index (χ0) is 25.3. The third-order valence-corrected chi connectivity index (χ3v) is 5.11. The number of hydrogen-bond acceptors (Lipinski definition) is 8. The summed E-state index contributed by atoms with van der Waals surface area (Å²) in [5.41, 5.74) is -0.577. The molecule has 0 saturated heterocycles. The maximum Gasteiger partial charge on any atom is 0.421 e. The second kappa shape index (κ2) is 8.98. The number of ether oxygens (including phenoxy) is 1. The smallest absolute Gasteiger partial charge is 0.421 e. The second-order valence-electron chi connectivity index (χ2n) is 7.20. The molecule has 0 fully saturated rings. The fourth-order valence-electron chi connectivity index (χ4n) is 3.47. The number of aryl methyl sites for hydroxylation is 1. The monoisotopic (exact) mass is 485 g/mol. The molecule has 9 nitrogen and oxygen atoms in total. The third kappa shape index (κ3) is 4.33. The number of hydrogen-bond donors (Lipinski definition) is 1. The standard InChI is InChI=1S/C22H15F4N7O2/c1-3-15-12-6-11(9-27)4-5-18(12)33(31-15)20-13(22(24,25)26)10-28-21(30-20)29-17-8-16(32-34)14(23)7-19(17)35-2/h4-8,10H,3H2,1-2H3,(H,28,29,30). The molecule has 0 saturated carbocycles. The molecule has 0 aliphatic heterocycles. The first-order chi connectivity index (χ1) is 16.7. The van der Waals surface area contributed by atoms with Crippen LogP contribution in [0.4, 0.5) is 34.9 Å². The lowest BCUT2D eigenvalue weighted by Gasteiger charge is -2.15. The van der Waals surface area contributed by atoms with Crippen molar-refractivity contribution in [2.75, 3.05) is 12.4 Å². The minimum Gasteiger partial charge on any atom is -0.494 e. The minimum atomic E-state index is -4.81. The number of nitrogens with zero attached hydrogens (tertiary/aromatic N) is 6. The number of nitriles is 1. The van der Waals surface area contributed by atoms with Crippen LogP contribution >= 0.6 is 0 Å². The average Bonchev–Trinajstić information content (AvgIpc) is 3.21. The van der Waals surface area contributed by atoms with E-state index in [4.69, 9.17) is 4.74 Å². The lowest BCUT2D eigenvalue weighted by atomic mass is 10.1. The van der Waals surface area contributed by atoms with Crippen molar-refractivity contribution in [3.63, 3.8) is 0 Å². The molecular formula is C22H15F4N7O2. The van der Waals surface area contributed by atoms with Gasteiger partial charge in [-0.25, -0.2) is 14.1 Å². The Balaban J connectivity index is 1.91. The largest absolute Gasteiger partial charge is 0.494 e. The summed E-state index contributed by atoms with van der Waals surface area (Å²) in [5.74, 6) is -1.87. The number of fused-ring (bicyclic) bond motifs is 1. The molecule has 13 heteroatoms. The number of rotatable bonds is 6. The Bertz CT molecular complexity index is 1490. The Morgan fingerprint density at radius 2 is 2.03 bits per heavy atom. The van der Waals surface area contributed by atoms with Gasteiger partial charge in [-0.05, 0) is 35.9 Å². The summed E-state index contributed by atoms with van der Waals surface area (Å²) in [7, 11) is 1.24. The molecule has 0 atom stereocenters. The van der Waals surface area contributed by atoms with Gasteiger partial charge in [0, 0.05) is 17.6 Å². The number of halogens is 4. The molecule has 4 aromatic rings. The summed E-state index contributed by atoms with van der Waals surface area (Å²) >= 11 is 0. The van der Waals surface area contributed by atoms with E-state index < -0.39 is 29.1 Å². The van der Waals surface area contributed by atoms with Crippen LogP contribution in [0.1, 0.15) is 23.7 Å². The van der Waals surface area contributed by atoms with Crippen LogP contribution in [0.5, 0.6) is 5.75 Å². The molecule has 0 amide bonds. The summed E-state index contributed by atoms with van der Waals surface area (Å²) in [4.78, 5) is 18.6. The van der Waals surface area contributed by atoms with Crippen molar-refractivity contribution in [3.8, 4) is 17.6 Å². The van der Waals surface area contributed by atoms with Crippen LogP contribution in [0.2, 0.25) is 0 Å². The number of benzene rings is 2. The average molecular weight is 485 g/mol. The molecule has 4 rings (SSSR count). The van der Waals surface area contributed by atoms with Gasteiger partial charge in [0.2, 0.25) is 5.95 Å². The van der Waals surface area contributed by atoms with Gasteiger partial charge < -0.3 is 10.1 Å². The molecule has 2 heterocycles. The van der Waals surface area contributed by atoms with Crippen LogP contribution in [-0.2, 0) is 12.6 Å². The van der Waals surface area contributed by atoms with Crippen LogP contribution < -0.4 is 10.1 Å². The van der Waals surface area contributed by atoms with E-state index in [1.54, 1.807) is 13.0 Å². The van der Waals surface area contributed by atoms with E-state index >= 15 is 0 Å². The number of methoxy groups -OCH3 is 1. The van der Waals surface area contributed by atoms with Crippen molar-refractivity contribution in [2.24, 2.45) is 5.18 Å². The zero-order valence-corrected chi connectivity index (χ0v) is 18.2. The summed E-state index contributed by atoms with van der Waals surface area (Å²) in [5, 5.41) is 19.2. The van der Waals surface area contributed by atoms with Crippen molar-refractivity contribution >= 4 is 28.2 Å². The Morgan fingerprint density at radius 1 is 1.26 bits per heavy atom. The van der Waals surface area contributed by atoms with Gasteiger partial charge in [0.1, 0.15) is 17.0 Å². The fraction of sp³-hybridized carbons (Fsp3) is 0.182. The van der Waals surface area contributed by atoms with Gasteiger partial charge in [0.05, 0.1) is 35.6 Å². The lowest BCUT2D eigenvalue weighted by Crippen LogP contribution is -2.15. The SMILES string of the molecule is CCc1nn(-c2nc(Nc3cc(N=O)c(F)cc3OC)ncc2C(F)(F)F)c2ccc(C#N)cc12. The predicted octanol–water partition coefficient (Wildman–Crippen LogP) is 5.56. The van der Waals surface area contributed by atoms with Gasteiger partial charge in [-0.15, -0.1) is 4.91 Å². The molecule has 0 radical (unpaired) electrons. The molecule has 1 N–H and O–H groups in total. The molecule has 0 aliphatic carbocycles. The van der Waals surface area contributed by atoms with E-state index in [-0.39, 0.29) is 17.4 Å². The van der Waals surface area contributed by atoms with Crippen LogP contribution in [0.15, 0.2) is 41.7 Å². The fourth-order valence-corrected chi connectivity index (χ4v) is 3.47. The lowest BCUT2D eigenvalue weighted by molar-refractivity contribution is -0.138. The molecule has 0 aliphatic rings. The predicted molar refractivity (Wildman–Crippen MR) is 117 cm³/mol. The van der Waals surface area contributed by atoms with Crippen LogP contribution in [0.3, 0.4) is 0 Å². The molecular weight excluding hydrogens is 470 g/mol. The Hall–Kier alpha value is -4.60. The number of aromatic nitrogens is 4. The van der Waals surface area contributed by atoms with Gasteiger partial charge in [-0.1, -0.05) is 6.92 Å². The first-order valence-electron chi connectivity index (χ1n) is 10.0. The van der Waals surface area contributed by atoms with E-state index in [1.807, 2.05) is 6.07 Å². The Morgan fingerprint density at radius 3 is 2.66 bits per heavy atom. The third-order valence-electron chi connectivity index (χ3n) is 5.11. The molecule has 0 bridgehead atoms. The number of nitrogens with one attached hydrogen (secondary N) is 1. The van der Waals surface area contributed by atoms with Crippen LogP contribution in [-0.4, -0.2) is 26.9 Å². The van der Waals surface area contributed by atoms with E-state index in [0.717, 1.165) is 16.8 Å². The Labute approximate surface area is 195 Å². The van der Waals surface area contributed by atoms with Crippen molar-refractivity contribution in [2.45, 2.75) is 19.5 Å². The molecule has 0 spiro atoms.